The van der Waals surface area contributed by atoms with Crippen LogP contribution in [0.2, 0.25) is 0 Å². The van der Waals surface area contributed by atoms with Gasteiger partial charge in [0.05, 0.1) is 11.2 Å². The monoisotopic (exact) mass is 287 g/mol. The van der Waals surface area contributed by atoms with Crippen LogP contribution in [-0.4, -0.2) is 22.4 Å². The number of para-hydroxylation sites is 1. The van der Waals surface area contributed by atoms with Crippen molar-refractivity contribution in [3.05, 3.63) is 30.0 Å². The first-order valence-corrected chi connectivity index (χ1v) is 8.20. The molecule has 116 valence electrons. The van der Waals surface area contributed by atoms with Crippen molar-refractivity contribution in [2.45, 2.75) is 53.6 Å². The maximum absolute atomic E-state index is 4.82. The molecule has 0 radical (unpaired) electrons. The molecule has 0 aliphatic carbocycles. The standard InChI is InChI=1S/C18H29N3/c1-6-21-18-10-8-7-9-16(18)17(20-21)11-14(4)15(5)12-19-13(2)3/h7-10,13-15,19H,6,11-12H2,1-5H3. The van der Waals surface area contributed by atoms with E-state index in [-0.39, 0.29) is 0 Å². The summed E-state index contributed by atoms with van der Waals surface area (Å²) in [5.74, 6) is 1.28. The third kappa shape index (κ3) is 3.85. The maximum Gasteiger partial charge on any atom is 0.0706 e. The van der Waals surface area contributed by atoms with E-state index in [2.05, 4.69) is 68.9 Å². The molecule has 3 nitrogen and oxygen atoms in total. The molecule has 0 saturated heterocycles. The van der Waals surface area contributed by atoms with Gasteiger partial charge < -0.3 is 5.32 Å². The lowest BCUT2D eigenvalue weighted by Crippen LogP contribution is -2.31. The number of nitrogens with zero attached hydrogens (tertiary/aromatic N) is 2. The number of hydrogen-bond acceptors (Lipinski definition) is 2. The van der Waals surface area contributed by atoms with Crippen molar-refractivity contribution >= 4 is 10.9 Å². The third-order valence-electron chi connectivity index (χ3n) is 4.37. The Balaban J connectivity index is 2.12. The second kappa shape index (κ2) is 7.08. The van der Waals surface area contributed by atoms with Gasteiger partial charge in [0.2, 0.25) is 0 Å². The number of aromatic nitrogens is 2. The molecular weight excluding hydrogens is 258 g/mol. The van der Waals surface area contributed by atoms with Crippen molar-refractivity contribution in [1.29, 1.82) is 0 Å². The predicted octanol–water partition coefficient (Wildman–Crippen LogP) is 3.87. The molecule has 0 fully saturated rings. The predicted molar refractivity (Wildman–Crippen MR) is 90.6 cm³/mol. The van der Waals surface area contributed by atoms with Crippen LogP contribution < -0.4 is 5.32 Å². The van der Waals surface area contributed by atoms with E-state index in [9.17, 15) is 0 Å². The molecule has 2 atom stereocenters. The molecular formula is C18H29N3. The molecule has 0 amide bonds. The Kier molecular flexibility index (Phi) is 5.40. The van der Waals surface area contributed by atoms with Gasteiger partial charge in [-0.05, 0) is 37.8 Å². The molecule has 2 aromatic rings. The summed E-state index contributed by atoms with van der Waals surface area (Å²) in [5.41, 5.74) is 2.51. The Morgan fingerprint density at radius 3 is 2.48 bits per heavy atom. The van der Waals surface area contributed by atoms with E-state index in [0.717, 1.165) is 19.5 Å². The zero-order valence-electron chi connectivity index (χ0n) is 14.1. The van der Waals surface area contributed by atoms with Gasteiger partial charge in [-0.15, -0.1) is 0 Å². The fourth-order valence-corrected chi connectivity index (χ4v) is 2.72. The largest absolute Gasteiger partial charge is 0.314 e. The molecule has 0 saturated carbocycles. The van der Waals surface area contributed by atoms with Gasteiger partial charge in [0.15, 0.2) is 0 Å². The van der Waals surface area contributed by atoms with Gasteiger partial charge in [-0.2, -0.15) is 5.10 Å². The SMILES string of the molecule is CCn1nc(CC(C)C(C)CNC(C)C)c2ccccc21. The highest BCUT2D eigenvalue weighted by atomic mass is 15.3. The van der Waals surface area contributed by atoms with Crippen LogP contribution in [0.15, 0.2) is 24.3 Å². The summed E-state index contributed by atoms with van der Waals surface area (Å²) in [5, 5.41) is 9.68. The van der Waals surface area contributed by atoms with Crippen molar-refractivity contribution in [2.75, 3.05) is 6.54 Å². The molecule has 21 heavy (non-hydrogen) atoms. The summed E-state index contributed by atoms with van der Waals surface area (Å²) in [6.07, 6.45) is 1.05. The molecule has 2 unspecified atom stereocenters. The zero-order chi connectivity index (χ0) is 15.4. The average molecular weight is 287 g/mol. The van der Waals surface area contributed by atoms with Gasteiger partial charge in [-0.3, -0.25) is 4.68 Å². The Bertz CT molecular complexity index is 571. The fourth-order valence-electron chi connectivity index (χ4n) is 2.72. The van der Waals surface area contributed by atoms with Crippen LogP contribution in [0, 0.1) is 11.8 Å². The molecule has 0 aliphatic heterocycles. The quantitative estimate of drug-likeness (QED) is 0.838. The molecule has 0 bridgehead atoms. The van der Waals surface area contributed by atoms with Crippen LogP contribution in [0.5, 0.6) is 0 Å². The summed E-state index contributed by atoms with van der Waals surface area (Å²) in [6, 6.07) is 9.14. The van der Waals surface area contributed by atoms with Crippen LogP contribution in [0.1, 0.15) is 40.3 Å². The highest BCUT2D eigenvalue weighted by Crippen LogP contribution is 2.23. The maximum atomic E-state index is 4.82. The Morgan fingerprint density at radius 1 is 1.10 bits per heavy atom. The number of fused-ring (bicyclic) bond motifs is 1. The summed E-state index contributed by atoms with van der Waals surface area (Å²) in [4.78, 5) is 0. The minimum atomic E-state index is 0.555. The number of rotatable bonds is 7. The number of nitrogens with one attached hydrogen (secondary N) is 1. The summed E-state index contributed by atoms with van der Waals surface area (Å²) in [6.45, 7) is 13.2. The highest BCUT2D eigenvalue weighted by Gasteiger charge is 2.17. The van der Waals surface area contributed by atoms with Crippen LogP contribution in [0.25, 0.3) is 10.9 Å². The van der Waals surface area contributed by atoms with Crippen LogP contribution in [0.3, 0.4) is 0 Å². The van der Waals surface area contributed by atoms with Gasteiger partial charge in [0, 0.05) is 18.0 Å². The van der Waals surface area contributed by atoms with Crippen LogP contribution in [0.4, 0.5) is 0 Å². The van der Waals surface area contributed by atoms with Crippen LogP contribution >= 0.6 is 0 Å². The average Bonchev–Trinajstić information content (AvgIpc) is 2.83. The first-order valence-electron chi connectivity index (χ1n) is 8.20. The second-order valence-electron chi connectivity index (χ2n) is 6.50. The number of benzene rings is 1. The van der Waals surface area contributed by atoms with Gasteiger partial charge >= 0.3 is 0 Å². The molecule has 1 N–H and O–H groups in total. The minimum Gasteiger partial charge on any atom is -0.314 e. The van der Waals surface area contributed by atoms with E-state index >= 15 is 0 Å². The Labute approximate surface area is 128 Å². The molecule has 1 aromatic carbocycles. The van der Waals surface area contributed by atoms with Gasteiger partial charge in [0.25, 0.3) is 0 Å². The van der Waals surface area contributed by atoms with E-state index in [4.69, 9.17) is 5.10 Å². The summed E-state index contributed by atoms with van der Waals surface area (Å²) in [7, 11) is 0. The lowest BCUT2D eigenvalue weighted by atomic mass is 9.90. The first-order chi connectivity index (χ1) is 10.0. The van der Waals surface area contributed by atoms with E-state index in [1.54, 1.807) is 0 Å². The number of aryl methyl sites for hydroxylation is 1. The lowest BCUT2D eigenvalue weighted by molar-refractivity contribution is 0.351. The summed E-state index contributed by atoms with van der Waals surface area (Å²) < 4.78 is 2.12. The van der Waals surface area contributed by atoms with Crippen LogP contribution in [-0.2, 0) is 13.0 Å². The highest BCUT2D eigenvalue weighted by molar-refractivity contribution is 5.81. The minimum absolute atomic E-state index is 0.555. The Morgan fingerprint density at radius 2 is 1.81 bits per heavy atom. The van der Waals surface area contributed by atoms with Crippen molar-refractivity contribution in [3.8, 4) is 0 Å². The van der Waals surface area contributed by atoms with E-state index in [0.29, 0.717) is 17.9 Å². The molecule has 1 aromatic heterocycles. The van der Waals surface area contributed by atoms with Gasteiger partial charge in [-0.25, -0.2) is 0 Å². The van der Waals surface area contributed by atoms with Crippen molar-refractivity contribution in [1.82, 2.24) is 15.1 Å². The van der Waals surface area contributed by atoms with Crippen molar-refractivity contribution in [2.24, 2.45) is 11.8 Å². The lowest BCUT2D eigenvalue weighted by Gasteiger charge is -2.21. The van der Waals surface area contributed by atoms with E-state index in [1.807, 2.05) is 0 Å². The topological polar surface area (TPSA) is 29.9 Å². The first kappa shape index (κ1) is 16.0. The van der Waals surface area contributed by atoms with Crippen molar-refractivity contribution < 1.29 is 0 Å². The molecule has 2 rings (SSSR count). The zero-order valence-corrected chi connectivity index (χ0v) is 14.1. The van der Waals surface area contributed by atoms with Gasteiger partial charge in [-0.1, -0.05) is 45.9 Å². The van der Waals surface area contributed by atoms with Gasteiger partial charge in [0.1, 0.15) is 0 Å². The normalized spacial score (nSPS) is 14.8. The molecule has 3 heteroatoms. The smallest absolute Gasteiger partial charge is 0.0706 e. The molecule has 0 spiro atoms. The molecule has 0 aliphatic rings. The molecule has 1 heterocycles. The Hall–Kier alpha value is -1.35. The van der Waals surface area contributed by atoms with Crippen molar-refractivity contribution in [3.63, 3.8) is 0 Å². The van der Waals surface area contributed by atoms with E-state index < -0.39 is 0 Å². The number of hydrogen-bond donors (Lipinski definition) is 1. The van der Waals surface area contributed by atoms with E-state index in [1.165, 1.54) is 16.6 Å². The second-order valence-corrected chi connectivity index (χ2v) is 6.50. The summed E-state index contributed by atoms with van der Waals surface area (Å²) >= 11 is 0. The fraction of sp³-hybridized carbons (Fsp3) is 0.611. The third-order valence-corrected chi connectivity index (χ3v) is 4.37.